The molecule has 1 saturated heterocycles. The first-order valence-electron chi connectivity index (χ1n) is 13.6. The highest BCUT2D eigenvalue weighted by atomic mass is 35.5. The largest absolute Gasteiger partial charge is 0.383 e. The number of fused-ring (bicyclic) bond motifs is 3. The van der Waals surface area contributed by atoms with Crippen molar-refractivity contribution in [1.82, 2.24) is 10.3 Å². The van der Waals surface area contributed by atoms with Crippen LogP contribution < -0.4 is 10.6 Å². The van der Waals surface area contributed by atoms with Gasteiger partial charge in [-0.3, -0.25) is 4.98 Å². The Morgan fingerprint density at radius 3 is 2.69 bits per heavy atom. The smallest absolute Gasteiger partial charge is 0.202 e. The second kappa shape index (κ2) is 9.55. The summed E-state index contributed by atoms with van der Waals surface area (Å²) in [5.74, 6) is 1.22. The summed E-state index contributed by atoms with van der Waals surface area (Å²) in [5.41, 5.74) is 3.13. The minimum absolute atomic E-state index is 0.0171. The van der Waals surface area contributed by atoms with E-state index in [2.05, 4.69) is 42.5 Å². The molecule has 36 heavy (non-hydrogen) atoms. The summed E-state index contributed by atoms with van der Waals surface area (Å²) >= 11 is 6.12. The Bertz CT molecular complexity index is 1140. The van der Waals surface area contributed by atoms with Crippen LogP contribution in [0.2, 0.25) is 5.02 Å². The summed E-state index contributed by atoms with van der Waals surface area (Å²) in [6, 6.07) is 8.42. The van der Waals surface area contributed by atoms with E-state index in [-0.39, 0.29) is 11.7 Å². The number of aromatic nitrogens is 1. The number of hydrogen-bond donors (Lipinski definition) is 2. The molecule has 4 unspecified atom stereocenters. The van der Waals surface area contributed by atoms with Gasteiger partial charge in [-0.25, -0.2) is 9.78 Å². The lowest BCUT2D eigenvalue weighted by molar-refractivity contribution is -0.521. The van der Waals surface area contributed by atoms with Crippen LogP contribution >= 0.6 is 11.6 Å². The third-order valence-electron chi connectivity index (χ3n) is 8.91. The monoisotopic (exact) mass is 511 g/mol. The van der Waals surface area contributed by atoms with Crippen LogP contribution in [-0.2, 0) is 14.5 Å². The highest BCUT2D eigenvalue weighted by Gasteiger charge is 2.58. The molecule has 6 nitrogen and oxygen atoms in total. The third-order valence-corrected chi connectivity index (χ3v) is 9.15. The Hall–Kier alpha value is -1.70. The molecule has 3 aliphatic carbocycles. The average molecular weight is 512 g/mol. The fourth-order valence-electron chi connectivity index (χ4n) is 6.81. The molecule has 4 atom stereocenters. The van der Waals surface area contributed by atoms with Gasteiger partial charge < -0.3 is 15.4 Å². The lowest BCUT2D eigenvalue weighted by atomic mass is 9.80. The van der Waals surface area contributed by atoms with Crippen molar-refractivity contribution in [2.75, 3.05) is 18.4 Å². The Labute approximate surface area is 219 Å². The number of hydrogen-bond acceptors (Lipinski definition) is 6. The van der Waals surface area contributed by atoms with Crippen LogP contribution in [0, 0.1) is 17.8 Å². The molecule has 1 aromatic heterocycles. The Morgan fingerprint density at radius 2 is 1.92 bits per heavy atom. The van der Waals surface area contributed by atoms with Crippen LogP contribution in [0.15, 0.2) is 42.1 Å². The van der Waals surface area contributed by atoms with E-state index in [1.807, 2.05) is 30.5 Å². The fourth-order valence-corrected chi connectivity index (χ4v) is 6.98. The van der Waals surface area contributed by atoms with Gasteiger partial charge in [-0.05, 0) is 74.6 Å². The van der Waals surface area contributed by atoms with E-state index < -0.39 is 5.79 Å². The molecule has 4 aliphatic rings. The first kappa shape index (κ1) is 24.6. The normalized spacial score (nSPS) is 35.8. The number of benzene rings is 1. The second-order valence-corrected chi connectivity index (χ2v) is 12.3. The van der Waals surface area contributed by atoms with Crippen molar-refractivity contribution in [3.63, 3.8) is 0 Å². The SMILES string of the molecule is CC(C)C1=CC2OC3(CC4CC(NCCNc5ccnc6cc(Cl)ccc56)CC4C3)OOC2(C)CC1. The molecule has 6 rings (SSSR count). The molecular weight excluding hydrogens is 474 g/mol. The van der Waals surface area contributed by atoms with Gasteiger partial charge in [-0.1, -0.05) is 37.1 Å². The lowest BCUT2D eigenvalue weighted by Gasteiger charge is -2.49. The Balaban J connectivity index is 1.00. The fraction of sp³-hybridized carbons (Fsp3) is 0.621. The summed E-state index contributed by atoms with van der Waals surface area (Å²) in [6.45, 7) is 8.45. The van der Waals surface area contributed by atoms with Gasteiger partial charge in [0.15, 0.2) is 0 Å². The second-order valence-electron chi connectivity index (χ2n) is 11.8. The standard InChI is InChI=1S/C29H38ClN3O3/c1-18(2)19-6-8-28(3)27(14-19)34-29(36-35-28)16-20-12-23(13-21(20)17-29)31-10-11-33-25-7-9-32-26-15-22(30)4-5-24(25)26/h4-5,7,9,14-15,18,20-21,23,27,31H,6,8,10-13,16-17H2,1-3H3,(H,32,33). The zero-order valence-electron chi connectivity index (χ0n) is 21.6. The number of ether oxygens (including phenoxy) is 1. The highest BCUT2D eigenvalue weighted by molar-refractivity contribution is 6.31. The van der Waals surface area contributed by atoms with Crippen molar-refractivity contribution in [2.24, 2.45) is 17.8 Å². The molecule has 2 N–H and O–H groups in total. The van der Waals surface area contributed by atoms with Crippen LogP contribution in [0.25, 0.3) is 10.9 Å². The van der Waals surface area contributed by atoms with E-state index in [1.165, 1.54) is 18.4 Å². The van der Waals surface area contributed by atoms with Crippen molar-refractivity contribution < 1.29 is 14.5 Å². The molecule has 7 heteroatoms. The number of halogens is 1. The predicted molar refractivity (Wildman–Crippen MR) is 143 cm³/mol. The van der Waals surface area contributed by atoms with Crippen LogP contribution in [0.4, 0.5) is 5.69 Å². The molecule has 194 valence electrons. The number of allylic oxidation sites excluding steroid dienone is 1. The highest BCUT2D eigenvalue weighted by Crippen LogP contribution is 2.54. The quantitative estimate of drug-likeness (QED) is 0.271. The Kier molecular flexibility index (Phi) is 6.54. The average Bonchev–Trinajstić information content (AvgIpc) is 3.37. The number of anilines is 1. The molecule has 1 spiro atoms. The van der Waals surface area contributed by atoms with E-state index in [9.17, 15) is 0 Å². The van der Waals surface area contributed by atoms with E-state index in [0.717, 1.165) is 55.4 Å². The topological polar surface area (TPSA) is 64.6 Å². The molecule has 0 amide bonds. The minimum atomic E-state index is -0.576. The van der Waals surface area contributed by atoms with Gasteiger partial charge in [0.05, 0.1) is 5.52 Å². The summed E-state index contributed by atoms with van der Waals surface area (Å²) in [4.78, 5) is 16.6. The van der Waals surface area contributed by atoms with E-state index in [4.69, 9.17) is 26.1 Å². The first-order chi connectivity index (χ1) is 17.3. The molecule has 0 bridgehead atoms. The van der Waals surface area contributed by atoms with E-state index in [0.29, 0.717) is 28.8 Å². The van der Waals surface area contributed by atoms with Gasteiger partial charge in [0.1, 0.15) is 11.7 Å². The maximum Gasteiger partial charge on any atom is 0.202 e. The Morgan fingerprint density at radius 1 is 1.11 bits per heavy atom. The summed E-state index contributed by atoms with van der Waals surface area (Å²) < 4.78 is 6.72. The number of pyridine rings is 1. The molecule has 2 aromatic rings. The minimum Gasteiger partial charge on any atom is -0.383 e. The zero-order chi connectivity index (χ0) is 24.9. The van der Waals surface area contributed by atoms with Crippen molar-refractivity contribution in [1.29, 1.82) is 0 Å². The van der Waals surface area contributed by atoms with E-state index >= 15 is 0 Å². The van der Waals surface area contributed by atoms with Gasteiger partial charge in [0, 0.05) is 54.3 Å². The van der Waals surface area contributed by atoms with Gasteiger partial charge >= 0.3 is 0 Å². The number of nitrogens with zero attached hydrogens (tertiary/aromatic N) is 1. The van der Waals surface area contributed by atoms with Crippen molar-refractivity contribution in [2.45, 2.75) is 82.8 Å². The molecule has 0 radical (unpaired) electrons. The van der Waals surface area contributed by atoms with Gasteiger partial charge in [0.2, 0.25) is 5.79 Å². The van der Waals surface area contributed by atoms with Crippen molar-refractivity contribution >= 4 is 28.2 Å². The van der Waals surface area contributed by atoms with Gasteiger partial charge in [0.25, 0.3) is 0 Å². The molecule has 3 fully saturated rings. The number of rotatable bonds is 6. The van der Waals surface area contributed by atoms with E-state index in [1.54, 1.807) is 0 Å². The predicted octanol–water partition coefficient (Wildman–Crippen LogP) is 6.26. The van der Waals surface area contributed by atoms with Gasteiger partial charge in [-0.15, -0.1) is 0 Å². The molecule has 1 aromatic carbocycles. The third kappa shape index (κ3) is 4.67. The summed E-state index contributed by atoms with van der Waals surface area (Å²) in [6.07, 6.45) is 10.3. The van der Waals surface area contributed by atoms with Gasteiger partial charge in [-0.2, -0.15) is 0 Å². The maximum absolute atomic E-state index is 6.72. The van der Waals surface area contributed by atoms with Crippen molar-refractivity contribution in [3.05, 3.63) is 47.1 Å². The van der Waals surface area contributed by atoms with Crippen LogP contribution in [0.5, 0.6) is 0 Å². The van der Waals surface area contributed by atoms with Crippen LogP contribution in [-0.4, -0.2) is 41.6 Å². The lowest BCUT2D eigenvalue weighted by Crippen LogP contribution is -2.56. The number of nitrogens with one attached hydrogen (secondary N) is 2. The summed E-state index contributed by atoms with van der Waals surface area (Å²) in [7, 11) is 0. The van der Waals surface area contributed by atoms with Crippen LogP contribution in [0.3, 0.4) is 0 Å². The first-order valence-corrected chi connectivity index (χ1v) is 14.0. The van der Waals surface area contributed by atoms with Crippen molar-refractivity contribution in [3.8, 4) is 0 Å². The summed E-state index contributed by atoms with van der Waals surface area (Å²) in [5, 5.41) is 9.15. The molecular formula is C29H38ClN3O3. The zero-order valence-corrected chi connectivity index (χ0v) is 22.3. The molecule has 2 saturated carbocycles. The van der Waals surface area contributed by atoms with Crippen LogP contribution in [0.1, 0.15) is 59.3 Å². The maximum atomic E-state index is 6.72. The molecule has 1 aliphatic heterocycles. The molecule has 2 heterocycles.